The lowest BCUT2D eigenvalue weighted by molar-refractivity contribution is -0.119. The topological polar surface area (TPSA) is 86.5 Å². The van der Waals surface area contributed by atoms with Crippen LogP contribution in [0.15, 0.2) is 58.2 Å². The van der Waals surface area contributed by atoms with Crippen molar-refractivity contribution in [3.8, 4) is 11.5 Å². The molecule has 1 unspecified atom stereocenters. The van der Waals surface area contributed by atoms with Gasteiger partial charge in [0.1, 0.15) is 0 Å². The van der Waals surface area contributed by atoms with Crippen LogP contribution in [-0.4, -0.2) is 28.7 Å². The van der Waals surface area contributed by atoms with Crippen molar-refractivity contribution in [1.82, 2.24) is 15.5 Å². The highest BCUT2D eigenvalue weighted by Crippen LogP contribution is 2.34. The fraction of sp³-hybridized carbons (Fsp3) is 0.250. The Morgan fingerprint density at radius 1 is 1.14 bits per heavy atom. The molecular formula is C20H19N3O4S. The summed E-state index contributed by atoms with van der Waals surface area (Å²) in [5.74, 6) is 2.04. The van der Waals surface area contributed by atoms with E-state index < -0.39 is 0 Å². The molecule has 0 radical (unpaired) electrons. The standard InChI is InChI=1S/C20H19N3O4S/c1-13(15-7-8-16-17(10-15)26-12-25-16)21-18(24)11-28-20-23-22-19(27-20)9-14-5-3-2-4-6-14/h2-8,10,13H,9,11-12H2,1H3,(H,21,24). The SMILES string of the molecule is CC(NC(=O)CSc1nnc(Cc2ccccc2)o1)c1ccc2c(c1)OCO2. The van der Waals surface area contributed by atoms with Gasteiger partial charge in [0, 0.05) is 0 Å². The lowest BCUT2D eigenvalue weighted by Crippen LogP contribution is -2.28. The molecule has 8 heteroatoms. The summed E-state index contributed by atoms with van der Waals surface area (Å²) in [5.41, 5.74) is 2.04. The Labute approximate surface area is 166 Å². The van der Waals surface area contributed by atoms with E-state index in [2.05, 4.69) is 15.5 Å². The summed E-state index contributed by atoms with van der Waals surface area (Å²) < 4.78 is 16.3. The predicted octanol–water partition coefficient (Wildman–Crippen LogP) is 3.36. The molecule has 1 aliphatic heterocycles. The molecule has 3 aromatic rings. The number of benzene rings is 2. The zero-order valence-electron chi connectivity index (χ0n) is 15.3. The van der Waals surface area contributed by atoms with Crippen LogP contribution in [0.4, 0.5) is 0 Å². The minimum absolute atomic E-state index is 0.113. The molecule has 1 N–H and O–H groups in total. The Bertz CT molecular complexity index is 961. The second-order valence-electron chi connectivity index (χ2n) is 6.31. The Morgan fingerprint density at radius 3 is 2.82 bits per heavy atom. The third kappa shape index (κ3) is 4.45. The largest absolute Gasteiger partial charge is 0.454 e. The van der Waals surface area contributed by atoms with Crippen LogP contribution in [0.1, 0.15) is 30.0 Å². The van der Waals surface area contributed by atoms with Crippen LogP contribution in [-0.2, 0) is 11.2 Å². The molecule has 1 aromatic heterocycles. The maximum atomic E-state index is 12.3. The quantitative estimate of drug-likeness (QED) is 0.612. The number of aromatic nitrogens is 2. The van der Waals surface area contributed by atoms with E-state index in [1.165, 1.54) is 11.8 Å². The Kier molecular flexibility index (Phi) is 5.48. The van der Waals surface area contributed by atoms with Crippen LogP contribution in [0.25, 0.3) is 0 Å². The number of hydrogen-bond donors (Lipinski definition) is 1. The average Bonchev–Trinajstić information content (AvgIpc) is 3.35. The summed E-state index contributed by atoms with van der Waals surface area (Å²) in [4.78, 5) is 12.3. The first kappa shape index (κ1) is 18.4. The van der Waals surface area contributed by atoms with Crippen LogP contribution in [0.3, 0.4) is 0 Å². The van der Waals surface area contributed by atoms with Crippen molar-refractivity contribution in [2.24, 2.45) is 0 Å². The summed E-state index contributed by atoms with van der Waals surface area (Å²) >= 11 is 1.22. The molecule has 0 bridgehead atoms. The van der Waals surface area contributed by atoms with E-state index in [9.17, 15) is 4.79 Å². The number of nitrogens with one attached hydrogen (secondary N) is 1. The molecular weight excluding hydrogens is 378 g/mol. The number of carbonyl (C=O) groups is 1. The highest BCUT2D eigenvalue weighted by atomic mass is 32.2. The van der Waals surface area contributed by atoms with Gasteiger partial charge in [-0.25, -0.2) is 0 Å². The molecule has 7 nitrogen and oxygen atoms in total. The van der Waals surface area contributed by atoms with E-state index in [1.807, 2.05) is 55.5 Å². The monoisotopic (exact) mass is 397 g/mol. The molecule has 0 aliphatic carbocycles. The lowest BCUT2D eigenvalue weighted by Gasteiger charge is -2.14. The van der Waals surface area contributed by atoms with E-state index in [4.69, 9.17) is 13.9 Å². The molecule has 1 atom stereocenters. The summed E-state index contributed by atoms with van der Waals surface area (Å²) in [6, 6.07) is 15.4. The third-order valence-corrected chi connectivity index (χ3v) is 5.07. The van der Waals surface area contributed by atoms with Crippen molar-refractivity contribution >= 4 is 17.7 Å². The van der Waals surface area contributed by atoms with Gasteiger partial charge in [-0.2, -0.15) is 0 Å². The van der Waals surface area contributed by atoms with Gasteiger partial charge in [0.05, 0.1) is 18.2 Å². The van der Waals surface area contributed by atoms with E-state index in [1.54, 1.807) is 0 Å². The number of amides is 1. The van der Waals surface area contributed by atoms with E-state index >= 15 is 0 Å². The predicted molar refractivity (Wildman–Crippen MR) is 103 cm³/mol. The van der Waals surface area contributed by atoms with Gasteiger partial charge in [-0.3, -0.25) is 4.79 Å². The molecule has 4 rings (SSSR count). The summed E-state index contributed by atoms with van der Waals surface area (Å²) in [6.45, 7) is 2.15. The molecule has 2 heterocycles. The van der Waals surface area contributed by atoms with Gasteiger partial charge in [0.25, 0.3) is 5.22 Å². The molecule has 0 saturated carbocycles. The number of fused-ring (bicyclic) bond motifs is 1. The first-order chi connectivity index (χ1) is 13.7. The lowest BCUT2D eigenvalue weighted by atomic mass is 10.1. The van der Waals surface area contributed by atoms with E-state index in [0.717, 1.165) is 16.9 Å². The maximum absolute atomic E-state index is 12.3. The smallest absolute Gasteiger partial charge is 0.277 e. The molecule has 1 amide bonds. The molecule has 144 valence electrons. The van der Waals surface area contributed by atoms with Crippen LogP contribution in [0.5, 0.6) is 11.5 Å². The van der Waals surface area contributed by atoms with Crippen LogP contribution in [0, 0.1) is 0 Å². The van der Waals surface area contributed by atoms with Gasteiger partial charge in [-0.1, -0.05) is 48.2 Å². The molecule has 28 heavy (non-hydrogen) atoms. The molecule has 1 aliphatic rings. The maximum Gasteiger partial charge on any atom is 0.277 e. The molecule has 0 spiro atoms. The van der Waals surface area contributed by atoms with Gasteiger partial charge in [0.2, 0.25) is 18.6 Å². The minimum atomic E-state index is -0.154. The second kappa shape index (κ2) is 8.35. The fourth-order valence-electron chi connectivity index (χ4n) is 2.81. The van der Waals surface area contributed by atoms with Gasteiger partial charge in [0.15, 0.2) is 11.5 Å². The first-order valence-electron chi connectivity index (χ1n) is 8.85. The van der Waals surface area contributed by atoms with E-state index in [0.29, 0.717) is 23.3 Å². The highest BCUT2D eigenvalue weighted by molar-refractivity contribution is 7.99. The van der Waals surface area contributed by atoms with Crippen molar-refractivity contribution in [1.29, 1.82) is 0 Å². The highest BCUT2D eigenvalue weighted by Gasteiger charge is 2.17. The molecule has 2 aromatic carbocycles. The Balaban J connectivity index is 1.27. The molecule has 0 fully saturated rings. The van der Waals surface area contributed by atoms with Crippen molar-refractivity contribution < 1.29 is 18.7 Å². The van der Waals surface area contributed by atoms with E-state index in [-0.39, 0.29) is 24.5 Å². The van der Waals surface area contributed by atoms with Gasteiger partial charge in [-0.15, -0.1) is 10.2 Å². The zero-order chi connectivity index (χ0) is 19.3. The number of thioether (sulfide) groups is 1. The minimum Gasteiger partial charge on any atom is -0.454 e. The molecule has 0 saturated heterocycles. The second-order valence-corrected chi connectivity index (χ2v) is 7.24. The van der Waals surface area contributed by atoms with Crippen LogP contribution < -0.4 is 14.8 Å². The Morgan fingerprint density at radius 2 is 1.96 bits per heavy atom. The van der Waals surface area contributed by atoms with Gasteiger partial charge in [-0.05, 0) is 30.2 Å². The number of ether oxygens (including phenoxy) is 2. The third-order valence-electron chi connectivity index (χ3n) is 4.25. The van der Waals surface area contributed by atoms with Gasteiger partial charge >= 0.3 is 0 Å². The van der Waals surface area contributed by atoms with Crippen molar-refractivity contribution in [2.75, 3.05) is 12.5 Å². The van der Waals surface area contributed by atoms with Crippen molar-refractivity contribution in [3.63, 3.8) is 0 Å². The van der Waals surface area contributed by atoms with Gasteiger partial charge < -0.3 is 19.2 Å². The number of carbonyl (C=O) groups excluding carboxylic acids is 1. The zero-order valence-corrected chi connectivity index (χ0v) is 16.1. The first-order valence-corrected chi connectivity index (χ1v) is 9.84. The van der Waals surface area contributed by atoms with Crippen molar-refractivity contribution in [2.45, 2.75) is 24.6 Å². The fourth-order valence-corrected chi connectivity index (χ4v) is 3.41. The number of rotatable bonds is 7. The van der Waals surface area contributed by atoms with Crippen LogP contribution >= 0.6 is 11.8 Å². The summed E-state index contributed by atoms with van der Waals surface area (Å²) in [5, 5.41) is 11.4. The average molecular weight is 397 g/mol. The van der Waals surface area contributed by atoms with Crippen molar-refractivity contribution in [3.05, 3.63) is 65.5 Å². The number of nitrogens with zero attached hydrogens (tertiary/aromatic N) is 2. The summed E-state index contributed by atoms with van der Waals surface area (Å²) in [7, 11) is 0. The number of hydrogen-bond acceptors (Lipinski definition) is 7. The summed E-state index contributed by atoms with van der Waals surface area (Å²) in [6.07, 6.45) is 0.571. The Hall–Kier alpha value is -3.00. The van der Waals surface area contributed by atoms with Crippen LogP contribution in [0.2, 0.25) is 0 Å². The normalized spacial score (nSPS) is 13.3.